The lowest BCUT2D eigenvalue weighted by Gasteiger charge is -2.17. The molecule has 1 aromatic heterocycles. The minimum absolute atomic E-state index is 0.0885. The van der Waals surface area contributed by atoms with E-state index in [1.165, 1.54) is 0 Å². The summed E-state index contributed by atoms with van der Waals surface area (Å²) in [6, 6.07) is 13.6. The first-order valence-electron chi connectivity index (χ1n) is 7.69. The number of aromatic nitrogens is 1. The van der Waals surface area contributed by atoms with Gasteiger partial charge in [0, 0.05) is 45.7 Å². The predicted molar refractivity (Wildman–Crippen MR) is 91.5 cm³/mol. The van der Waals surface area contributed by atoms with Gasteiger partial charge in [-0.05, 0) is 24.1 Å². The Labute approximate surface area is 137 Å². The number of nitrogens with one attached hydrogen (secondary N) is 1. The average molecular weight is 313 g/mol. The van der Waals surface area contributed by atoms with E-state index >= 15 is 0 Å². The number of anilines is 1. The molecule has 0 spiro atoms. The zero-order valence-corrected chi connectivity index (χ0v) is 13.7. The maximum absolute atomic E-state index is 12.5. The van der Waals surface area contributed by atoms with E-state index in [9.17, 15) is 4.79 Å². The molecule has 122 valence electrons. The highest BCUT2D eigenvalue weighted by atomic mass is 16.5. The van der Waals surface area contributed by atoms with Gasteiger partial charge in [0.15, 0.2) is 0 Å². The molecule has 23 heavy (non-hydrogen) atoms. The fourth-order valence-electron chi connectivity index (χ4n) is 2.23. The SMILES string of the molecule is COCCCNc1ccnc(C(=O)N(C)Cc2ccccc2)c1. The molecule has 1 aromatic carbocycles. The summed E-state index contributed by atoms with van der Waals surface area (Å²) in [5, 5.41) is 3.27. The second-order valence-corrected chi connectivity index (χ2v) is 5.35. The molecular formula is C18H23N3O2. The van der Waals surface area contributed by atoms with Crippen LogP contribution in [0.1, 0.15) is 22.5 Å². The van der Waals surface area contributed by atoms with Crippen LogP contribution in [0.15, 0.2) is 48.7 Å². The molecule has 1 amide bonds. The molecule has 0 saturated carbocycles. The second kappa shape index (κ2) is 8.90. The molecule has 1 heterocycles. The van der Waals surface area contributed by atoms with Crippen molar-refractivity contribution in [3.63, 3.8) is 0 Å². The highest BCUT2D eigenvalue weighted by Gasteiger charge is 2.13. The lowest BCUT2D eigenvalue weighted by molar-refractivity contribution is 0.0779. The van der Waals surface area contributed by atoms with Gasteiger partial charge in [0.2, 0.25) is 0 Å². The fraction of sp³-hybridized carbons (Fsp3) is 0.333. The summed E-state index contributed by atoms with van der Waals surface area (Å²) in [6.45, 7) is 2.07. The van der Waals surface area contributed by atoms with Crippen molar-refractivity contribution in [3.05, 3.63) is 59.9 Å². The zero-order valence-electron chi connectivity index (χ0n) is 13.7. The molecule has 0 bridgehead atoms. The largest absolute Gasteiger partial charge is 0.385 e. The monoisotopic (exact) mass is 313 g/mol. The summed E-state index contributed by atoms with van der Waals surface area (Å²) in [7, 11) is 3.47. The standard InChI is InChI=1S/C18H23N3O2/c1-21(14-15-7-4-3-5-8-15)18(22)17-13-16(9-11-20-17)19-10-6-12-23-2/h3-5,7-9,11,13H,6,10,12,14H2,1-2H3,(H,19,20). The van der Waals surface area contributed by atoms with Crippen LogP contribution >= 0.6 is 0 Å². The van der Waals surface area contributed by atoms with Crippen LogP contribution < -0.4 is 5.32 Å². The number of amides is 1. The topological polar surface area (TPSA) is 54.5 Å². The van der Waals surface area contributed by atoms with Crippen molar-refractivity contribution in [1.82, 2.24) is 9.88 Å². The van der Waals surface area contributed by atoms with Crippen LogP contribution in [0.2, 0.25) is 0 Å². The van der Waals surface area contributed by atoms with Gasteiger partial charge in [-0.15, -0.1) is 0 Å². The molecule has 5 nitrogen and oxygen atoms in total. The highest BCUT2D eigenvalue weighted by Crippen LogP contribution is 2.11. The van der Waals surface area contributed by atoms with E-state index in [1.807, 2.05) is 36.4 Å². The van der Waals surface area contributed by atoms with Crippen molar-refractivity contribution < 1.29 is 9.53 Å². The van der Waals surface area contributed by atoms with Gasteiger partial charge in [-0.25, -0.2) is 0 Å². The van der Waals surface area contributed by atoms with E-state index in [1.54, 1.807) is 31.3 Å². The van der Waals surface area contributed by atoms with Crippen LogP contribution in [0.4, 0.5) is 5.69 Å². The normalized spacial score (nSPS) is 10.3. The van der Waals surface area contributed by atoms with Crippen molar-refractivity contribution in [1.29, 1.82) is 0 Å². The third-order valence-corrected chi connectivity index (χ3v) is 3.44. The van der Waals surface area contributed by atoms with Gasteiger partial charge in [0.1, 0.15) is 5.69 Å². The Hall–Kier alpha value is -2.40. The van der Waals surface area contributed by atoms with Crippen molar-refractivity contribution in [2.24, 2.45) is 0 Å². The number of hydrogen-bond donors (Lipinski definition) is 1. The first kappa shape index (κ1) is 17.0. The summed E-state index contributed by atoms with van der Waals surface area (Å²) in [4.78, 5) is 18.4. The molecular weight excluding hydrogens is 290 g/mol. The maximum Gasteiger partial charge on any atom is 0.272 e. The molecule has 0 radical (unpaired) electrons. The second-order valence-electron chi connectivity index (χ2n) is 5.35. The molecule has 0 aliphatic heterocycles. The Morgan fingerprint density at radius 2 is 2.04 bits per heavy atom. The van der Waals surface area contributed by atoms with Crippen molar-refractivity contribution in [3.8, 4) is 0 Å². The summed E-state index contributed by atoms with van der Waals surface area (Å²) in [6.07, 6.45) is 2.57. The number of carbonyl (C=O) groups is 1. The van der Waals surface area contributed by atoms with Crippen molar-refractivity contribution in [2.45, 2.75) is 13.0 Å². The molecule has 2 aromatic rings. The predicted octanol–water partition coefficient (Wildman–Crippen LogP) is 2.80. The van der Waals surface area contributed by atoms with Gasteiger partial charge in [0.05, 0.1) is 0 Å². The number of benzene rings is 1. The first-order chi connectivity index (χ1) is 11.2. The molecule has 0 fully saturated rings. The number of nitrogens with zero attached hydrogens (tertiary/aromatic N) is 2. The third-order valence-electron chi connectivity index (χ3n) is 3.44. The fourth-order valence-corrected chi connectivity index (χ4v) is 2.23. The van der Waals surface area contributed by atoms with E-state index in [0.717, 1.165) is 24.2 Å². The molecule has 5 heteroatoms. The lowest BCUT2D eigenvalue weighted by atomic mass is 10.2. The first-order valence-corrected chi connectivity index (χ1v) is 7.69. The van der Waals surface area contributed by atoms with Crippen LogP contribution in [0.3, 0.4) is 0 Å². The van der Waals surface area contributed by atoms with Crippen LogP contribution in [0.5, 0.6) is 0 Å². The van der Waals surface area contributed by atoms with Crippen LogP contribution in [-0.4, -0.2) is 43.1 Å². The maximum atomic E-state index is 12.5. The lowest BCUT2D eigenvalue weighted by Crippen LogP contribution is -2.27. The quantitative estimate of drug-likeness (QED) is 0.761. The number of carbonyl (C=O) groups excluding carboxylic acids is 1. The Morgan fingerprint density at radius 3 is 2.78 bits per heavy atom. The molecule has 0 aliphatic carbocycles. The molecule has 1 N–H and O–H groups in total. The Balaban J connectivity index is 1.95. The molecule has 0 atom stereocenters. The van der Waals surface area contributed by atoms with Gasteiger partial charge in [-0.3, -0.25) is 9.78 Å². The Morgan fingerprint density at radius 1 is 1.26 bits per heavy atom. The van der Waals surface area contributed by atoms with Crippen molar-refractivity contribution in [2.75, 3.05) is 32.6 Å². The summed E-state index contributed by atoms with van der Waals surface area (Å²) in [5.74, 6) is -0.0885. The Kier molecular flexibility index (Phi) is 6.56. The molecule has 2 rings (SSSR count). The van der Waals surface area contributed by atoms with E-state index in [0.29, 0.717) is 18.8 Å². The Bertz CT molecular complexity index is 617. The molecule has 0 aliphatic rings. The summed E-state index contributed by atoms with van der Waals surface area (Å²) >= 11 is 0. The van der Waals surface area contributed by atoms with Crippen LogP contribution in [0.25, 0.3) is 0 Å². The van der Waals surface area contributed by atoms with E-state index < -0.39 is 0 Å². The molecule has 0 saturated heterocycles. The minimum atomic E-state index is -0.0885. The number of methoxy groups -OCH3 is 1. The molecule has 0 unspecified atom stereocenters. The van der Waals surface area contributed by atoms with Gasteiger partial charge >= 0.3 is 0 Å². The van der Waals surface area contributed by atoms with Crippen LogP contribution in [0, 0.1) is 0 Å². The van der Waals surface area contributed by atoms with E-state index in [2.05, 4.69) is 10.3 Å². The van der Waals surface area contributed by atoms with E-state index in [-0.39, 0.29) is 5.91 Å². The number of hydrogen-bond acceptors (Lipinski definition) is 4. The average Bonchev–Trinajstić information content (AvgIpc) is 2.59. The summed E-state index contributed by atoms with van der Waals surface area (Å²) in [5.41, 5.74) is 2.44. The zero-order chi connectivity index (χ0) is 16.5. The smallest absolute Gasteiger partial charge is 0.272 e. The van der Waals surface area contributed by atoms with Crippen LogP contribution in [-0.2, 0) is 11.3 Å². The van der Waals surface area contributed by atoms with Gasteiger partial charge in [0.25, 0.3) is 5.91 Å². The van der Waals surface area contributed by atoms with Gasteiger partial charge < -0.3 is 15.0 Å². The summed E-state index contributed by atoms with van der Waals surface area (Å²) < 4.78 is 5.02. The number of pyridine rings is 1. The third kappa shape index (κ3) is 5.38. The number of ether oxygens (including phenoxy) is 1. The number of rotatable bonds is 8. The van der Waals surface area contributed by atoms with Gasteiger partial charge in [-0.1, -0.05) is 30.3 Å². The van der Waals surface area contributed by atoms with E-state index in [4.69, 9.17) is 4.74 Å². The van der Waals surface area contributed by atoms with Gasteiger partial charge in [-0.2, -0.15) is 0 Å². The minimum Gasteiger partial charge on any atom is -0.385 e. The highest BCUT2D eigenvalue weighted by molar-refractivity contribution is 5.92. The van der Waals surface area contributed by atoms with Crippen molar-refractivity contribution >= 4 is 11.6 Å².